The van der Waals surface area contributed by atoms with Gasteiger partial charge >= 0.3 is 0 Å². The Labute approximate surface area is 119 Å². The van der Waals surface area contributed by atoms with E-state index in [-0.39, 0.29) is 17.7 Å². The van der Waals surface area contributed by atoms with E-state index in [1.165, 1.54) is 0 Å². The standard InChI is InChI=1S/C14H24F2N4/c1-9(2)6-10(8-20(4)5)18-14-12(16)7-11(15)13(17-3)19-14/h7,9-10H,6,8H2,1-5H3,(H2,17,18,19). The fraction of sp³-hybridized carbons (Fsp3) is 0.643. The van der Waals surface area contributed by atoms with Gasteiger partial charge in [0.05, 0.1) is 0 Å². The molecule has 0 saturated heterocycles. The van der Waals surface area contributed by atoms with Gasteiger partial charge in [0, 0.05) is 25.7 Å². The number of rotatable bonds is 7. The lowest BCUT2D eigenvalue weighted by atomic mass is 10.0. The molecular weight excluding hydrogens is 262 g/mol. The smallest absolute Gasteiger partial charge is 0.168 e. The SMILES string of the molecule is CNc1nc(NC(CC(C)C)CN(C)C)c(F)cc1F. The maximum Gasteiger partial charge on any atom is 0.168 e. The first-order chi connectivity index (χ1) is 9.33. The maximum absolute atomic E-state index is 13.8. The van der Waals surface area contributed by atoms with E-state index in [1.54, 1.807) is 7.05 Å². The molecule has 1 heterocycles. The van der Waals surface area contributed by atoms with Gasteiger partial charge in [0.25, 0.3) is 0 Å². The summed E-state index contributed by atoms with van der Waals surface area (Å²) in [5.74, 6) is -0.761. The van der Waals surface area contributed by atoms with Crippen LogP contribution in [0.25, 0.3) is 0 Å². The van der Waals surface area contributed by atoms with E-state index in [9.17, 15) is 8.78 Å². The summed E-state index contributed by atoms with van der Waals surface area (Å²) in [6.45, 7) is 4.97. The lowest BCUT2D eigenvalue weighted by Gasteiger charge is -2.24. The summed E-state index contributed by atoms with van der Waals surface area (Å²) in [7, 11) is 5.48. The van der Waals surface area contributed by atoms with Crippen LogP contribution in [0.2, 0.25) is 0 Å². The van der Waals surface area contributed by atoms with Gasteiger partial charge in [0.15, 0.2) is 23.3 Å². The first-order valence-electron chi connectivity index (χ1n) is 6.78. The predicted molar refractivity (Wildman–Crippen MR) is 79.1 cm³/mol. The van der Waals surface area contributed by atoms with Crippen molar-refractivity contribution >= 4 is 11.6 Å². The molecule has 1 unspecified atom stereocenters. The van der Waals surface area contributed by atoms with E-state index in [0.717, 1.165) is 19.0 Å². The Morgan fingerprint density at radius 1 is 1.20 bits per heavy atom. The minimum Gasteiger partial charge on any atom is -0.371 e. The summed E-state index contributed by atoms with van der Waals surface area (Å²) in [5, 5.41) is 5.69. The highest BCUT2D eigenvalue weighted by Crippen LogP contribution is 2.20. The Morgan fingerprint density at radius 3 is 2.30 bits per heavy atom. The van der Waals surface area contributed by atoms with Gasteiger partial charge in [0.2, 0.25) is 0 Å². The van der Waals surface area contributed by atoms with Crippen molar-refractivity contribution in [1.82, 2.24) is 9.88 Å². The molecule has 2 N–H and O–H groups in total. The second-order valence-corrected chi connectivity index (χ2v) is 5.63. The third kappa shape index (κ3) is 4.92. The third-order valence-electron chi connectivity index (χ3n) is 2.85. The van der Waals surface area contributed by atoms with Crippen LogP contribution in [0.15, 0.2) is 6.07 Å². The summed E-state index contributed by atoms with van der Waals surface area (Å²) < 4.78 is 27.2. The van der Waals surface area contributed by atoms with Gasteiger partial charge in [0.1, 0.15) is 0 Å². The first-order valence-corrected chi connectivity index (χ1v) is 6.78. The number of anilines is 2. The molecule has 1 aromatic heterocycles. The van der Waals surface area contributed by atoms with Gasteiger partial charge in [-0.2, -0.15) is 0 Å². The van der Waals surface area contributed by atoms with Crippen molar-refractivity contribution in [3.63, 3.8) is 0 Å². The Balaban J connectivity index is 2.91. The second kappa shape index (κ2) is 7.38. The average Bonchev–Trinajstić information content (AvgIpc) is 2.30. The van der Waals surface area contributed by atoms with Crippen LogP contribution in [0.4, 0.5) is 20.4 Å². The van der Waals surface area contributed by atoms with Crippen LogP contribution in [0.1, 0.15) is 20.3 Å². The van der Waals surface area contributed by atoms with E-state index in [1.807, 2.05) is 19.0 Å². The molecule has 0 radical (unpaired) electrons. The van der Waals surface area contributed by atoms with E-state index in [2.05, 4.69) is 29.5 Å². The van der Waals surface area contributed by atoms with Gasteiger partial charge in [-0.1, -0.05) is 13.8 Å². The highest BCUT2D eigenvalue weighted by molar-refractivity contribution is 5.47. The van der Waals surface area contributed by atoms with Crippen molar-refractivity contribution in [2.45, 2.75) is 26.3 Å². The molecule has 0 aliphatic carbocycles. The normalized spacial score (nSPS) is 12.8. The largest absolute Gasteiger partial charge is 0.371 e. The van der Waals surface area contributed by atoms with Gasteiger partial charge in [-0.3, -0.25) is 0 Å². The fourth-order valence-electron chi connectivity index (χ4n) is 2.13. The monoisotopic (exact) mass is 286 g/mol. The van der Waals surface area contributed by atoms with Crippen molar-refractivity contribution in [1.29, 1.82) is 0 Å². The maximum atomic E-state index is 13.8. The van der Waals surface area contributed by atoms with Crippen LogP contribution in [0.5, 0.6) is 0 Å². The summed E-state index contributed by atoms with van der Waals surface area (Å²) in [5.41, 5.74) is 0. The molecule has 0 aliphatic heterocycles. The van der Waals surface area contributed by atoms with Gasteiger partial charge < -0.3 is 15.5 Å². The fourth-order valence-corrected chi connectivity index (χ4v) is 2.13. The van der Waals surface area contributed by atoms with Crippen molar-refractivity contribution in [2.75, 3.05) is 38.3 Å². The zero-order valence-corrected chi connectivity index (χ0v) is 12.8. The minimum absolute atomic E-state index is 0.0436. The average molecular weight is 286 g/mol. The Morgan fingerprint density at radius 2 is 1.80 bits per heavy atom. The molecule has 0 aliphatic rings. The molecule has 0 saturated carbocycles. The molecule has 114 valence electrons. The van der Waals surface area contributed by atoms with Crippen molar-refractivity contribution in [3.05, 3.63) is 17.7 Å². The Hall–Kier alpha value is -1.43. The zero-order chi connectivity index (χ0) is 15.3. The highest BCUT2D eigenvalue weighted by Gasteiger charge is 2.17. The Bertz CT molecular complexity index is 425. The van der Waals surface area contributed by atoms with Crippen LogP contribution in [-0.2, 0) is 0 Å². The van der Waals surface area contributed by atoms with Gasteiger partial charge in [-0.25, -0.2) is 13.8 Å². The predicted octanol–water partition coefficient (Wildman–Crippen LogP) is 2.79. The molecule has 4 nitrogen and oxygen atoms in total. The zero-order valence-electron chi connectivity index (χ0n) is 12.8. The number of hydrogen-bond acceptors (Lipinski definition) is 4. The van der Waals surface area contributed by atoms with Crippen molar-refractivity contribution < 1.29 is 8.78 Å². The molecular formula is C14H24F2N4. The summed E-state index contributed by atoms with van der Waals surface area (Å²) >= 11 is 0. The van der Waals surface area contributed by atoms with Crippen LogP contribution in [-0.4, -0.2) is 43.6 Å². The van der Waals surface area contributed by atoms with E-state index in [4.69, 9.17) is 0 Å². The number of pyridine rings is 1. The summed E-state index contributed by atoms with van der Waals surface area (Å²) in [6.07, 6.45) is 0.881. The lowest BCUT2D eigenvalue weighted by molar-refractivity contribution is 0.355. The summed E-state index contributed by atoms with van der Waals surface area (Å²) in [6, 6.07) is 0.908. The van der Waals surface area contributed by atoms with E-state index in [0.29, 0.717) is 5.92 Å². The molecule has 1 rings (SSSR count). The molecule has 20 heavy (non-hydrogen) atoms. The van der Waals surface area contributed by atoms with Crippen LogP contribution < -0.4 is 10.6 Å². The van der Waals surface area contributed by atoms with Crippen molar-refractivity contribution in [3.8, 4) is 0 Å². The topological polar surface area (TPSA) is 40.2 Å². The van der Waals surface area contributed by atoms with Crippen LogP contribution in [0, 0.1) is 17.6 Å². The number of hydrogen-bond donors (Lipinski definition) is 2. The minimum atomic E-state index is -0.691. The first kappa shape index (κ1) is 16.6. The number of nitrogens with one attached hydrogen (secondary N) is 2. The van der Waals surface area contributed by atoms with Crippen LogP contribution in [0.3, 0.4) is 0 Å². The summed E-state index contributed by atoms with van der Waals surface area (Å²) in [4.78, 5) is 5.98. The third-order valence-corrected chi connectivity index (χ3v) is 2.85. The molecule has 0 bridgehead atoms. The quantitative estimate of drug-likeness (QED) is 0.808. The molecule has 1 atom stereocenters. The number of halogens is 2. The number of aromatic nitrogens is 1. The second-order valence-electron chi connectivity index (χ2n) is 5.63. The Kier molecular flexibility index (Phi) is 6.13. The highest BCUT2D eigenvalue weighted by atomic mass is 19.1. The molecule has 0 amide bonds. The van der Waals surface area contributed by atoms with Crippen molar-refractivity contribution in [2.24, 2.45) is 5.92 Å². The molecule has 0 spiro atoms. The van der Waals surface area contributed by atoms with E-state index < -0.39 is 11.6 Å². The number of likely N-dealkylation sites (N-methyl/N-ethyl adjacent to an activating group) is 1. The molecule has 0 fully saturated rings. The number of nitrogens with zero attached hydrogens (tertiary/aromatic N) is 2. The van der Waals surface area contributed by atoms with E-state index >= 15 is 0 Å². The molecule has 6 heteroatoms. The molecule has 0 aromatic carbocycles. The van der Waals surface area contributed by atoms with Gasteiger partial charge in [-0.15, -0.1) is 0 Å². The lowest BCUT2D eigenvalue weighted by Crippen LogP contribution is -2.34. The molecule has 1 aromatic rings. The van der Waals surface area contributed by atoms with Crippen LogP contribution >= 0.6 is 0 Å². The van der Waals surface area contributed by atoms with Gasteiger partial charge in [-0.05, 0) is 26.4 Å².